The van der Waals surface area contributed by atoms with E-state index in [-0.39, 0.29) is 6.04 Å². The first-order valence-electron chi connectivity index (χ1n) is 7.49. The molecule has 5 nitrogen and oxygen atoms in total. The van der Waals surface area contributed by atoms with Crippen LogP contribution in [0.25, 0.3) is 0 Å². The fraction of sp³-hybridized carbons (Fsp3) is 0.353. The summed E-state index contributed by atoms with van der Waals surface area (Å²) in [5, 5.41) is 7.34. The summed E-state index contributed by atoms with van der Waals surface area (Å²) in [6.45, 7) is 1.30. The zero-order valence-electron chi connectivity index (χ0n) is 13.7. The number of likely N-dealkylation sites (N-methyl/N-ethyl adjacent to an activating group) is 1. The maximum absolute atomic E-state index is 6.17. The zero-order valence-corrected chi connectivity index (χ0v) is 14.5. The molecule has 0 radical (unpaired) electrons. The highest BCUT2D eigenvalue weighted by atomic mass is 35.5. The smallest absolute Gasteiger partial charge is 0.191 e. The predicted octanol–water partition coefficient (Wildman–Crippen LogP) is 2.90. The highest BCUT2D eigenvalue weighted by Gasteiger charge is 2.17. The molecule has 1 aromatic heterocycles. The molecule has 1 unspecified atom stereocenters. The van der Waals surface area contributed by atoms with Crippen molar-refractivity contribution in [3.63, 3.8) is 0 Å². The van der Waals surface area contributed by atoms with Crippen LogP contribution in [0.1, 0.15) is 17.4 Å². The van der Waals surface area contributed by atoms with Crippen molar-refractivity contribution in [1.29, 1.82) is 0 Å². The minimum Gasteiger partial charge on any atom is -0.468 e. The normalized spacial score (nSPS) is 13.2. The van der Waals surface area contributed by atoms with E-state index in [9.17, 15) is 0 Å². The molecular formula is C17H23ClN4O. The number of rotatable bonds is 6. The molecule has 23 heavy (non-hydrogen) atoms. The van der Waals surface area contributed by atoms with Gasteiger partial charge in [-0.15, -0.1) is 0 Å². The molecule has 2 rings (SSSR count). The molecule has 0 amide bonds. The van der Waals surface area contributed by atoms with Gasteiger partial charge in [0.25, 0.3) is 0 Å². The number of furan rings is 1. The highest BCUT2D eigenvalue weighted by Crippen LogP contribution is 2.17. The number of guanidine groups is 1. The monoisotopic (exact) mass is 334 g/mol. The predicted molar refractivity (Wildman–Crippen MR) is 94.8 cm³/mol. The van der Waals surface area contributed by atoms with E-state index in [0.717, 1.165) is 22.3 Å². The summed E-state index contributed by atoms with van der Waals surface area (Å²) >= 11 is 6.17. The summed E-state index contributed by atoms with van der Waals surface area (Å²) in [5.74, 6) is 1.65. The van der Waals surface area contributed by atoms with Crippen LogP contribution in [0.15, 0.2) is 52.1 Å². The van der Waals surface area contributed by atoms with Crippen LogP contribution >= 0.6 is 11.6 Å². The van der Waals surface area contributed by atoms with Crippen molar-refractivity contribution in [2.45, 2.75) is 12.6 Å². The minimum absolute atomic E-state index is 0.129. The van der Waals surface area contributed by atoms with Gasteiger partial charge in [0.05, 0.1) is 12.3 Å². The third-order valence-electron chi connectivity index (χ3n) is 3.59. The van der Waals surface area contributed by atoms with Gasteiger partial charge in [0.15, 0.2) is 5.96 Å². The third-order valence-corrected chi connectivity index (χ3v) is 3.95. The lowest BCUT2D eigenvalue weighted by Gasteiger charge is -2.23. The van der Waals surface area contributed by atoms with Crippen LogP contribution in [0.5, 0.6) is 0 Å². The van der Waals surface area contributed by atoms with E-state index in [2.05, 4.69) is 20.5 Å². The van der Waals surface area contributed by atoms with Crippen LogP contribution in [-0.4, -0.2) is 38.5 Å². The SMILES string of the molecule is CN=C(NCc1ccccc1Cl)NCC(c1ccco1)N(C)C. The Morgan fingerprint density at radius 2 is 2.00 bits per heavy atom. The molecule has 2 N–H and O–H groups in total. The van der Waals surface area contributed by atoms with Crippen molar-refractivity contribution >= 4 is 17.6 Å². The van der Waals surface area contributed by atoms with Gasteiger partial charge in [-0.3, -0.25) is 9.89 Å². The van der Waals surface area contributed by atoms with Crippen molar-refractivity contribution in [1.82, 2.24) is 15.5 Å². The number of halogens is 1. The van der Waals surface area contributed by atoms with Crippen molar-refractivity contribution in [2.24, 2.45) is 4.99 Å². The number of aliphatic imine (C=N–C) groups is 1. The molecule has 0 aliphatic carbocycles. The Labute approximate surface area is 142 Å². The van der Waals surface area contributed by atoms with Crippen molar-refractivity contribution in [3.05, 3.63) is 59.0 Å². The molecule has 6 heteroatoms. The Morgan fingerprint density at radius 3 is 2.61 bits per heavy atom. The lowest BCUT2D eigenvalue weighted by molar-refractivity contribution is 0.258. The summed E-state index contributed by atoms with van der Waals surface area (Å²) in [4.78, 5) is 6.35. The second-order valence-electron chi connectivity index (χ2n) is 5.39. The largest absolute Gasteiger partial charge is 0.468 e. The Kier molecular flexibility index (Phi) is 6.50. The third kappa shape index (κ3) is 5.01. The highest BCUT2D eigenvalue weighted by molar-refractivity contribution is 6.31. The molecule has 0 saturated carbocycles. The topological polar surface area (TPSA) is 52.8 Å². The molecule has 0 fully saturated rings. The van der Waals surface area contributed by atoms with Gasteiger partial charge in [0, 0.05) is 25.2 Å². The molecule has 124 valence electrons. The van der Waals surface area contributed by atoms with Crippen LogP contribution in [0.4, 0.5) is 0 Å². The summed E-state index contributed by atoms with van der Waals surface area (Å²) < 4.78 is 5.51. The van der Waals surface area contributed by atoms with Gasteiger partial charge in [-0.1, -0.05) is 29.8 Å². The number of nitrogens with one attached hydrogen (secondary N) is 2. The summed E-state index contributed by atoms with van der Waals surface area (Å²) in [6, 6.07) is 11.8. The quantitative estimate of drug-likeness (QED) is 0.630. The zero-order chi connectivity index (χ0) is 16.7. The average Bonchev–Trinajstić information content (AvgIpc) is 3.05. The van der Waals surface area contributed by atoms with Gasteiger partial charge in [-0.2, -0.15) is 0 Å². The number of nitrogens with zero attached hydrogens (tertiary/aromatic N) is 2. The summed E-state index contributed by atoms with van der Waals surface area (Å²) in [6.07, 6.45) is 1.69. The molecule has 0 aliphatic heterocycles. The maximum atomic E-state index is 6.17. The van der Waals surface area contributed by atoms with Gasteiger partial charge in [-0.05, 0) is 37.9 Å². The second-order valence-corrected chi connectivity index (χ2v) is 5.80. The molecule has 0 aliphatic rings. The summed E-state index contributed by atoms with van der Waals surface area (Å²) in [5.41, 5.74) is 1.03. The first-order chi connectivity index (χ1) is 11.1. The van der Waals surface area contributed by atoms with Gasteiger partial charge < -0.3 is 15.1 Å². The van der Waals surface area contributed by atoms with E-state index in [1.54, 1.807) is 13.3 Å². The van der Waals surface area contributed by atoms with E-state index < -0.39 is 0 Å². The molecular weight excluding hydrogens is 312 g/mol. The first-order valence-corrected chi connectivity index (χ1v) is 7.87. The Hall–Kier alpha value is -1.98. The Morgan fingerprint density at radius 1 is 1.22 bits per heavy atom. The van der Waals surface area contributed by atoms with Crippen LogP contribution in [0.3, 0.4) is 0 Å². The molecule has 1 atom stereocenters. The molecule has 0 bridgehead atoms. The Bertz CT molecular complexity index is 625. The van der Waals surface area contributed by atoms with E-state index in [0.29, 0.717) is 13.1 Å². The van der Waals surface area contributed by atoms with Crippen molar-refractivity contribution in [2.75, 3.05) is 27.7 Å². The van der Waals surface area contributed by atoms with Gasteiger partial charge >= 0.3 is 0 Å². The fourth-order valence-electron chi connectivity index (χ4n) is 2.25. The number of benzene rings is 1. The van der Waals surface area contributed by atoms with Crippen LogP contribution in [0.2, 0.25) is 5.02 Å². The average molecular weight is 335 g/mol. The lowest BCUT2D eigenvalue weighted by atomic mass is 10.2. The second kappa shape index (κ2) is 8.60. The molecule has 0 saturated heterocycles. The molecule has 2 aromatic rings. The Balaban J connectivity index is 1.91. The standard InChI is InChI=1S/C17H23ClN4O/c1-19-17(20-11-13-7-4-5-8-14(13)18)21-12-15(22(2)3)16-9-6-10-23-16/h4-10,15H,11-12H2,1-3H3,(H2,19,20,21). The number of hydrogen-bond acceptors (Lipinski definition) is 3. The van der Waals surface area contributed by atoms with Crippen LogP contribution in [-0.2, 0) is 6.54 Å². The van der Waals surface area contributed by atoms with Gasteiger partial charge in [0.1, 0.15) is 5.76 Å². The molecule has 0 spiro atoms. The fourth-order valence-corrected chi connectivity index (χ4v) is 2.46. The van der Waals surface area contributed by atoms with Gasteiger partial charge in [0.2, 0.25) is 0 Å². The lowest BCUT2D eigenvalue weighted by Crippen LogP contribution is -2.41. The summed E-state index contributed by atoms with van der Waals surface area (Å²) in [7, 11) is 5.79. The molecule has 1 heterocycles. The molecule has 1 aromatic carbocycles. The maximum Gasteiger partial charge on any atom is 0.191 e. The van der Waals surface area contributed by atoms with Crippen LogP contribution in [0, 0.1) is 0 Å². The van der Waals surface area contributed by atoms with E-state index in [1.807, 2.05) is 50.5 Å². The first kappa shape index (κ1) is 17.4. The van der Waals surface area contributed by atoms with Crippen LogP contribution < -0.4 is 10.6 Å². The van der Waals surface area contributed by atoms with Crippen molar-refractivity contribution < 1.29 is 4.42 Å². The minimum atomic E-state index is 0.129. The van der Waals surface area contributed by atoms with E-state index in [4.69, 9.17) is 16.0 Å². The number of hydrogen-bond donors (Lipinski definition) is 2. The van der Waals surface area contributed by atoms with Crippen molar-refractivity contribution in [3.8, 4) is 0 Å². The van der Waals surface area contributed by atoms with Gasteiger partial charge in [-0.25, -0.2) is 0 Å². The van der Waals surface area contributed by atoms with E-state index in [1.165, 1.54) is 0 Å². The van der Waals surface area contributed by atoms with E-state index >= 15 is 0 Å².